The highest BCUT2D eigenvalue weighted by atomic mass is 16.7. The molecular weight excluding hydrogens is 310 g/mol. The van der Waals surface area contributed by atoms with Crippen LogP contribution in [0.1, 0.15) is 24.0 Å². The zero-order valence-corrected chi connectivity index (χ0v) is 13.9. The van der Waals surface area contributed by atoms with Crippen molar-refractivity contribution in [3.8, 4) is 11.5 Å². The lowest BCUT2D eigenvalue weighted by Gasteiger charge is -2.36. The van der Waals surface area contributed by atoms with Gasteiger partial charge in [0, 0.05) is 38.3 Å². The molecule has 1 spiro atoms. The second-order valence-corrected chi connectivity index (χ2v) is 7.17. The zero-order chi connectivity index (χ0) is 16.7. The van der Waals surface area contributed by atoms with E-state index >= 15 is 0 Å². The fraction of sp³-hybridized carbons (Fsp3) is 0.611. The molecule has 1 unspecified atom stereocenters. The summed E-state index contributed by atoms with van der Waals surface area (Å²) in [5.41, 5.74) is 2.18. The first-order valence-corrected chi connectivity index (χ1v) is 8.49. The van der Waals surface area contributed by atoms with Crippen LogP contribution in [-0.4, -0.2) is 49.1 Å². The Morgan fingerprint density at radius 3 is 2.71 bits per heavy atom. The number of hydrogen-bond donors (Lipinski definition) is 1. The summed E-state index contributed by atoms with van der Waals surface area (Å²) in [6.45, 7) is 5.83. The number of carbonyl (C=O) groups is 1. The fourth-order valence-corrected chi connectivity index (χ4v) is 4.31. The maximum absolute atomic E-state index is 11.8. The van der Waals surface area contributed by atoms with Gasteiger partial charge in [-0.25, -0.2) is 0 Å². The Morgan fingerprint density at radius 1 is 1.29 bits per heavy atom. The molecule has 3 aliphatic heterocycles. The molecule has 3 aliphatic rings. The van der Waals surface area contributed by atoms with Gasteiger partial charge in [0.05, 0.1) is 5.92 Å². The average molecular weight is 333 g/mol. The number of nitrogens with zero attached hydrogens (tertiary/aromatic N) is 1. The highest BCUT2D eigenvalue weighted by Crippen LogP contribution is 2.45. The quantitative estimate of drug-likeness (QED) is 0.913. The number of likely N-dealkylation sites (tertiary alicyclic amines) is 1. The van der Waals surface area contributed by atoms with Crippen LogP contribution in [0.25, 0.3) is 0 Å². The lowest BCUT2D eigenvalue weighted by molar-refractivity contribution is -0.147. The summed E-state index contributed by atoms with van der Waals surface area (Å²) in [4.78, 5) is 14.1. The normalized spacial score (nSPS) is 25.3. The Balaban J connectivity index is 1.54. The molecule has 1 aromatic rings. The highest BCUT2D eigenvalue weighted by molar-refractivity contribution is 5.72. The van der Waals surface area contributed by atoms with E-state index < -0.39 is 5.97 Å². The van der Waals surface area contributed by atoms with E-state index in [0.717, 1.165) is 43.0 Å². The van der Waals surface area contributed by atoms with Gasteiger partial charge in [-0.3, -0.25) is 9.69 Å². The number of benzene rings is 1. The number of fused-ring (bicyclic) bond motifs is 1. The number of aliphatic carboxylic acids is 1. The SMILES string of the molecule is Cc1cc2c(cc1CN1CC(C(=O)O)C3(CCOCC3)C1)OCO2. The van der Waals surface area contributed by atoms with Crippen molar-refractivity contribution in [1.82, 2.24) is 4.90 Å². The Hall–Kier alpha value is -1.79. The summed E-state index contributed by atoms with van der Waals surface area (Å²) in [6.07, 6.45) is 1.67. The number of aryl methyl sites for hydroxylation is 1. The van der Waals surface area contributed by atoms with Gasteiger partial charge in [0.25, 0.3) is 0 Å². The smallest absolute Gasteiger partial charge is 0.308 e. The monoisotopic (exact) mass is 333 g/mol. The van der Waals surface area contributed by atoms with Gasteiger partial charge in [-0.05, 0) is 43.0 Å². The van der Waals surface area contributed by atoms with Crippen LogP contribution in [0.5, 0.6) is 11.5 Å². The summed E-state index contributed by atoms with van der Waals surface area (Å²) < 4.78 is 16.4. The van der Waals surface area contributed by atoms with Gasteiger partial charge in [-0.2, -0.15) is 0 Å². The molecule has 0 radical (unpaired) electrons. The van der Waals surface area contributed by atoms with E-state index in [1.54, 1.807) is 0 Å². The molecule has 6 heteroatoms. The van der Waals surface area contributed by atoms with E-state index in [4.69, 9.17) is 14.2 Å². The van der Waals surface area contributed by atoms with Crippen molar-refractivity contribution < 1.29 is 24.1 Å². The Bertz CT molecular complexity index is 653. The number of ether oxygens (including phenoxy) is 3. The molecule has 130 valence electrons. The average Bonchev–Trinajstić information content (AvgIpc) is 3.13. The van der Waals surface area contributed by atoms with Gasteiger partial charge in [0.15, 0.2) is 11.5 Å². The van der Waals surface area contributed by atoms with Crippen molar-refractivity contribution >= 4 is 5.97 Å². The molecule has 2 fully saturated rings. The van der Waals surface area contributed by atoms with Crippen molar-refractivity contribution in [3.05, 3.63) is 23.3 Å². The molecule has 3 heterocycles. The predicted octanol–water partition coefficient (Wildman–Crippen LogP) is 2.04. The molecule has 1 atom stereocenters. The van der Waals surface area contributed by atoms with Crippen LogP contribution in [0.3, 0.4) is 0 Å². The molecule has 0 aromatic heterocycles. The first-order valence-electron chi connectivity index (χ1n) is 8.49. The number of carboxylic acids is 1. The van der Waals surface area contributed by atoms with Crippen molar-refractivity contribution in [3.63, 3.8) is 0 Å². The maximum Gasteiger partial charge on any atom is 0.308 e. The van der Waals surface area contributed by atoms with E-state index in [2.05, 4.69) is 11.8 Å². The van der Waals surface area contributed by atoms with Gasteiger partial charge in [-0.15, -0.1) is 0 Å². The summed E-state index contributed by atoms with van der Waals surface area (Å²) in [5.74, 6) is 0.588. The van der Waals surface area contributed by atoms with E-state index in [0.29, 0.717) is 19.8 Å². The number of carboxylic acid groups (broad SMARTS) is 1. The minimum absolute atomic E-state index is 0.145. The van der Waals surface area contributed by atoms with Crippen LogP contribution >= 0.6 is 0 Å². The summed E-state index contributed by atoms with van der Waals surface area (Å²) in [6, 6.07) is 4.04. The third-order valence-corrected chi connectivity index (χ3v) is 5.73. The standard InChI is InChI=1S/C18H23NO5/c1-12-6-15-16(24-11-23-15)7-13(12)8-19-9-14(17(20)21)18(10-19)2-4-22-5-3-18/h6-7,14H,2-5,8-11H2,1H3,(H,20,21). The van der Waals surface area contributed by atoms with Crippen LogP contribution in [0, 0.1) is 18.3 Å². The largest absolute Gasteiger partial charge is 0.481 e. The summed E-state index contributed by atoms with van der Waals surface area (Å²) >= 11 is 0. The Labute approximate surface area is 141 Å². The van der Waals surface area contributed by atoms with Crippen LogP contribution in [0.4, 0.5) is 0 Å². The molecule has 0 bridgehead atoms. The van der Waals surface area contributed by atoms with E-state index in [-0.39, 0.29) is 18.1 Å². The van der Waals surface area contributed by atoms with Crippen LogP contribution < -0.4 is 9.47 Å². The third-order valence-electron chi connectivity index (χ3n) is 5.73. The molecule has 0 aliphatic carbocycles. The molecule has 1 N–H and O–H groups in total. The molecule has 0 amide bonds. The van der Waals surface area contributed by atoms with Crippen molar-refractivity contribution in [1.29, 1.82) is 0 Å². The van der Waals surface area contributed by atoms with Gasteiger partial charge >= 0.3 is 5.97 Å². The van der Waals surface area contributed by atoms with E-state index in [1.807, 2.05) is 12.1 Å². The lowest BCUT2D eigenvalue weighted by atomic mass is 9.72. The van der Waals surface area contributed by atoms with Gasteiger partial charge in [0.2, 0.25) is 6.79 Å². The predicted molar refractivity (Wildman–Crippen MR) is 86.2 cm³/mol. The number of hydrogen-bond acceptors (Lipinski definition) is 5. The maximum atomic E-state index is 11.8. The summed E-state index contributed by atoms with van der Waals surface area (Å²) in [7, 11) is 0. The third kappa shape index (κ3) is 2.63. The van der Waals surface area contributed by atoms with Crippen molar-refractivity contribution in [2.45, 2.75) is 26.3 Å². The fourth-order valence-electron chi connectivity index (χ4n) is 4.31. The van der Waals surface area contributed by atoms with Crippen molar-refractivity contribution in [2.24, 2.45) is 11.3 Å². The van der Waals surface area contributed by atoms with E-state index in [1.165, 1.54) is 5.56 Å². The zero-order valence-electron chi connectivity index (χ0n) is 13.9. The molecule has 24 heavy (non-hydrogen) atoms. The molecular formula is C18H23NO5. The van der Waals surface area contributed by atoms with Crippen LogP contribution in [0.15, 0.2) is 12.1 Å². The molecule has 2 saturated heterocycles. The van der Waals surface area contributed by atoms with Gasteiger partial charge < -0.3 is 19.3 Å². The molecule has 0 saturated carbocycles. The van der Waals surface area contributed by atoms with Crippen molar-refractivity contribution in [2.75, 3.05) is 33.1 Å². The lowest BCUT2D eigenvalue weighted by Crippen LogP contribution is -2.40. The second-order valence-electron chi connectivity index (χ2n) is 7.17. The summed E-state index contributed by atoms with van der Waals surface area (Å²) in [5, 5.41) is 9.69. The highest BCUT2D eigenvalue weighted by Gasteiger charge is 2.50. The topological polar surface area (TPSA) is 68.2 Å². The van der Waals surface area contributed by atoms with Gasteiger partial charge in [0.1, 0.15) is 0 Å². The second kappa shape index (κ2) is 5.93. The van der Waals surface area contributed by atoms with Crippen LogP contribution in [-0.2, 0) is 16.1 Å². The minimum atomic E-state index is -0.679. The first-order chi connectivity index (χ1) is 11.6. The Morgan fingerprint density at radius 2 is 2.00 bits per heavy atom. The number of rotatable bonds is 3. The van der Waals surface area contributed by atoms with Gasteiger partial charge in [-0.1, -0.05) is 0 Å². The first kappa shape index (κ1) is 15.7. The minimum Gasteiger partial charge on any atom is -0.481 e. The molecule has 1 aromatic carbocycles. The Kier molecular flexibility index (Phi) is 3.89. The van der Waals surface area contributed by atoms with Crippen LogP contribution in [0.2, 0.25) is 0 Å². The van der Waals surface area contributed by atoms with E-state index in [9.17, 15) is 9.90 Å². The molecule has 6 nitrogen and oxygen atoms in total. The molecule has 4 rings (SSSR count).